The standard InChI is InChI=1S/C36H39N11O16P2/c1-2-3-4-24(48)40-13-25-45-27(30(61-25)19-7-5-18(12-37)6-8-19)35(50)62-31-22(60-34(29(31)49)47-17-43-28-32(39)41-16-42-33(28)47)15-58-65(55,56)63-20-11-26(46-10-9-23(38)44-36(46)51)59-21(20)14-57-64(52,53)54/h2,5-10,16-17,20-22,26,29,31,34,49H,1,3-4,11,13-15H2,(H,40,48)(H,55,56)(H2,38,44,51)(H2,39,41,42)(H2,52,53,54)/p-2/t20-,21-,22-,26-,29+,31+,34-/m1/s1. The second-order valence-corrected chi connectivity index (χ2v) is 16.7. The van der Waals surface area contributed by atoms with Gasteiger partial charge in [0, 0.05) is 24.6 Å². The number of nitriles is 1. The number of carbonyl (C=O) groups excluding carboxylic acids is 2. The van der Waals surface area contributed by atoms with Gasteiger partial charge in [-0.1, -0.05) is 6.08 Å². The number of nitrogens with one attached hydrogen (secondary N) is 1. The number of oxazole rings is 1. The van der Waals surface area contributed by atoms with E-state index < -0.39 is 95.6 Å². The van der Waals surface area contributed by atoms with Gasteiger partial charge in [0.15, 0.2) is 35.3 Å². The fourth-order valence-corrected chi connectivity index (χ4v) is 8.02. The molecule has 6 heterocycles. The van der Waals surface area contributed by atoms with Crippen molar-refractivity contribution in [2.75, 3.05) is 24.7 Å². The SMILES string of the molecule is C=CCCC(=O)NCc1nc(C(=O)O[C@@H]2[C@H](O)[C@H](n3cnc4c(N)ncnc43)O[C@@H]2COP(=O)([O-])O[C@@H]2C[C@H](n3ccc(N)nc3=O)O[C@@H]2COP(=O)([O-])O)c(-c2ccc(C#N)cc2)o1. The van der Waals surface area contributed by atoms with E-state index in [9.17, 15) is 48.6 Å². The van der Waals surface area contributed by atoms with Crippen LogP contribution in [0.2, 0.25) is 0 Å². The third kappa shape index (κ3) is 11.0. The van der Waals surface area contributed by atoms with Crippen LogP contribution in [0.4, 0.5) is 11.6 Å². The number of anilines is 2. The number of nitrogens with two attached hydrogens (primary N) is 2. The average molecular weight is 942 g/mol. The molecule has 7 rings (SSSR count). The van der Waals surface area contributed by atoms with Gasteiger partial charge in [-0.15, -0.1) is 6.58 Å². The second kappa shape index (κ2) is 19.5. The summed E-state index contributed by atoms with van der Waals surface area (Å²) in [4.78, 5) is 93.1. The quantitative estimate of drug-likeness (QED) is 0.0419. The number of hydrogen-bond acceptors (Lipinski definition) is 23. The maximum absolute atomic E-state index is 14.1. The number of nitrogen functional groups attached to an aromatic ring is 2. The predicted octanol–water partition coefficient (Wildman–Crippen LogP) is -0.524. The third-order valence-electron chi connectivity index (χ3n) is 9.77. The molecular formula is C36H37N11O16P2-2. The Labute approximate surface area is 365 Å². The van der Waals surface area contributed by atoms with Crippen LogP contribution in [0.1, 0.15) is 53.7 Å². The number of carbonyl (C=O) groups is 2. The average Bonchev–Trinajstić information content (AvgIpc) is 4.05. The molecular weight excluding hydrogens is 904 g/mol. The summed E-state index contributed by atoms with van der Waals surface area (Å²) >= 11 is 0. The van der Waals surface area contributed by atoms with E-state index in [1.165, 1.54) is 47.4 Å². The molecule has 0 saturated carbocycles. The zero-order valence-electron chi connectivity index (χ0n) is 33.4. The molecule has 7 N–H and O–H groups in total. The Hall–Kier alpha value is -6.27. The number of rotatable bonds is 18. The van der Waals surface area contributed by atoms with Gasteiger partial charge in [0.2, 0.25) is 11.8 Å². The van der Waals surface area contributed by atoms with Crippen molar-refractivity contribution < 1.29 is 70.7 Å². The first-order valence-corrected chi connectivity index (χ1v) is 22.1. The van der Waals surface area contributed by atoms with E-state index in [0.717, 1.165) is 10.9 Å². The van der Waals surface area contributed by atoms with E-state index in [4.69, 9.17) is 39.1 Å². The summed E-state index contributed by atoms with van der Waals surface area (Å²) in [5, 5.41) is 23.7. The zero-order valence-corrected chi connectivity index (χ0v) is 35.2. The number of amides is 1. The molecule has 2 fully saturated rings. The smallest absolute Gasteiger partial charge is 0.361 e. The molecule has 0 aliphatic carbocycles. The van der Waals surface area contributed by atoms with Crippen molar-refractivity contribution in [1.29, 1.82) is 5.26 Å². The first kappa shape index (κ1) is 46.7. The van der Waals surface area contributed by atoms with E-state index in [2.05, 4.69) is 41.3 Å². The largest absolute Gasteiger partial charge is 0.756 e. The number of esters is 1. The van der Waals surface area contributed by atoms with Crippen LogP contribution in [0.15, 0.2) is 71.0 Å². The maximum atomic E-state index is 14.1. The van der Waals surface area contributed by atoms with Gasteiger partial charge in [0.05, 0.1) is 43.8 Å². The molecule has 5 aromatic rings. The Morgan fingerprint density at radius 2 is 1.82 bits per heavy atom. The van der Waals surface area contributed by atoms with Crippen molar-refractivity contribution in [2.24, 2.45) is 0 Å². The summed E-state index contributed by atoms with van der Waals surface area (Å²) in [6.45, 7) is 1.35. The normalized spacial score (nSPS) is 23.6. The Bertz CT molecular complexity index is 2770. The number of nitrogens with zero attached hydrogens (tertiary/aromatic N) is 8. The van der Waals surface area contributed by atoms with Gasteiger partial charge < -0.3 is 68.8 Å². The third-order valence-corrected chi connectivity index (χ3v) is 11.2. The Morgan fingerprint density at radius 3 is 2.52 bits per heavy atom. The topological polar surface area (TPSA) is 403 Å². The van der Waals surface area contributed by atoms with E-state index in [1.54, 1.807) is 6.08 Å². The number of hydrogen-bond donors (Lipinski definition) is 5. The Kier molecular flexibility index (Phi) is 14.0. The lowest BCUT2D eigenvalue weighted by atomic mass is 10.1. The van der Waals surface area contributed by atoms with Gasteiger partial charge in [0.1, 0.15) is 42.2 Å². The number of aliphatic hydroxyl groups is 1. The summed E-state index contributed by atoms with van der Waals surface area (Å²) < 4.78 is 65.3. The minimum Gasteiger partial charge on any atom is -0.756 e. The Morgan fingerprint density at radius 1 is 1.06 bits per heavy atom. The summed E-state index contributed by atoms with van der Waals surface area (Å²) in [6.07, 6.45) is -6.04. The molecule has 2 saturated heterocycles. The van der Waals surface area contributed by atoms with E-state index >= 15 is 0 Å². The highest BCUT2D eigenvalue weighted by Gasteiger charge is 2.49. The van der Waals surface area contributed by atoms with Crippen LogP contribution in [-0.2, 0) is 48.3 Å². The molecule has 4 aromatic heterocycles. The lowest BCUT2D eigenvalue weighted by Crippen LogP contribution is -2.39. The summed E-state index contributed by atoms with van der Waals surface area (Å²) in [5.41, 5.74) is 10.9. The molecule has 27 nitrogen and oxygen atoms in total. The van der Waals surface area contributed by atoms with Gasteiger partial charge in [-0.05, 0) is 36.8 Å². The zero-order chi connectivity index (χ0) is 46.6. The van der Waals surface area contributed by atoms with Crippen molar-refractivity contribution in [1.82, 2.24) is 39.4 Å². The van der Waals surface area contributed by atoms with Gasteiger partial charge in [-0.3, -0.25) is 23.1 Å². The van der Waals surface area contributed by atoms with Crippen LogP contribution in [0.3, 0.4) is 0 Å². The molecule has 1 amide bonds. The van der Waals surface area contributed by atoms with Gasteiger partial charge in [0.25, 0.3) is 15.6 Å². The second-order valence-electron chi connectivity index (χ2n) is 14.1. The van der Waals surface area contributed by atoms with Crippen molar-refractivity contribution in [3.63, 3.8) is 0 Å². The number of benzene rings is 1. The van der Waals surface area contributed by atoms with Crippen LogP contribution in [0.5, 0.6) is 0 Å². The predicted molar refractivity (Wildman–Crippen MR) is 212 cm³/mol. The molecule has 0 bridgehead atoms. The minimum absolute atomic E-state index is 0.0287. The molecule has 0 radical (unpaired) electrons. The van der Waals surface area contributed by atoms with Crippen LogP contribution in [0, 0.1) is 11.3 Å². The summed E-state index contributed by atoms with van der Waals surface area (Å²) in [6, 6.07) is 9.04. The molecule has 2 aliphatic heterocycles. The highest BCUT2D eigenvalue weighted by molar-refractivity contribution is 7.46. The lowest BCUT2D eigenvalue weighted by molar-refractivity contribution is -0.235. The fourth-order valence-electron chi connectivity index (χ4n) is 6.74. The van der Waals surface area contributed by atoms with E-state index in [1.807, 2.05) is 6.07 Å². The van der Waals surface area contributed by atoms with Gasteiger partial charge in [-0.2, -0.15) is 10.2 Å². The van der Waals surface area contributed by atoms with E-state index in [0.29, 0.717) is 6.42 Å². The van der Waals surface area contributed by atoms with Crippen molar-refractivity contribution in [3.8, 4) is 17.4 Å². The molecule has 0 spiro atoms. The number of phosphoric acid groups is 2. The van der Waals surface area contributed by atoms with Gasteiger partial charge in [-0.25, -0.2) is 29.5 Å². The summed E-state index contributed by atoms with van der Waals surface area (Å²) in [7, 11) is -10.9. The van der Waals surface area contributed by atoms with E-state index in [-0.39, 0.29) is 64.5 Å². The fraction of sp³-hybridized carbons (Fsp3) is 0.361. The molecule has 29 heteroatoms. The number of fused-ring (bicyclic) bond motifs is 1. The highest BCUT2D eigenvalue weighted by Crippen LogP contribution is 2.47. The highest BCUT2D eigenvalue weighted by atomic mass is 31.2. The van der Waals surface area contributed by atoms with Crippen molar-refractivity contribution >= 4 is 50.3 Å². The van der Waals surface area contributed by atoms with Crippen molar-refractivity contribution in [3.05, 3.63) is 89.5 Å². The van der Waals surface area contributed by atoms with Crippen LogP contribution < -0.4 is 32.3 Å². The minimum atomic E-state index is -5.54. The number of aromatic nitrogens is 7. The first-order valence-electron chi connectivity index (χ1n) is 19.1. The molecule has 344 valence electrons. The van der Waals surface area contributed by atoms with Crippen LogP contribution in [0.25, 0.3) is 22.5 Å². The number of allylic oxidation sites excluding steroid dienone is 1. The van der Waals surface area contributed by atoms with Crippen LogP contribution >= 0.6 is 15.6 Å². The maximum Gasteiger partial charge on any atom is 0.361 e. The van der Waals surface area contributed by atoms with Gasteiger partial charge >= 0.3 is 11.7 Å². The lowest BCUT2D eigenvalue weighted by Gasteiger charge is -2.30. The molecule has 2 aliphatic rings. The number of imidazole rings is 1. The van der Waals surface area contributed by atoms with Crippen LogP contribution in [-0.4, -0.2) is 99.7 Å². The first-order chi connectivity index (χ1) is 30.9. The monoisotopic (exact) mass is 941 g/mol. The van der Waals surface area contributed by atoms with Crippen molar-refractivity contribution in [2.45, 2.75) is 68.8 Å². The molecule has 65 heavy (non-hydrogen) atoms. The molecule has 9 atom stereocenters. The summed E-state index contributed by atoms with van der Waals surface area (Å²) in [5.74, 6) is -2.04. The molecule has 1 aromatic carbocycles. The number of aliphatic hydroxyl groups excluding tert-OH is 1. The number of ether oxygens (including phenoxy) is 3. The number of phosphoric ester groups is 2. The Balaban J connectivity index is 1.15. The molecule has 2 unspecified atom stereocenters.